The molecule has 3 aromatic carbocycles. The molecule has 9 heteroatoms. The smallest absolute Gasteiger partial charge is 0.329 e. The minimum absolute atomic E-state index is 0.0741. The van der Waals surface area contributed by atoms with E-state index in [9.17, 15) is 23.2 Å². The molecule has 1 aromatic heterocycles. The van der Waals surface area contributed by atoms with Crippen molar-refractivity contribution in [3.8, 4) is 0 Å². The Bertz CT molecular complexity index is 1570. The Morgan fingerprint density at radius 2 is 1.69 bits per heavy atom. The predicted molar refractivity (Wildman–Crippen MR) is 133 cm³/mol. The van der Waals surface area contributed by atoms with Gasteiger partial charge in [0.15, 0.2) is 0 Å². The average molecular weight is 491 g/mol. The van der Waals surface area contributed by atoms with Gasteiger partial charge in [0.05, 0.1) is 23.0 Å². The standard InChI is InChI=1S/C27H24F2N4O3/c28-21-9-4-16(15-33-23-3-1-2-22(29)24(23)25(34)31-27(33)36)14-20(21)26(35)32-12-10-18(11-13-32)17-5-7-19(30)8-6-17/h1-9,14,18H,10-13,15,30H2,(H,31,34,36). The lowest BCUT2D eigenvalue weighted by Crippen LogP contribution is -2.38. The molecule has 5 rings (SSSR count). The Balaban J connectivity index is 1.38. The van der Waals surface area contributed by atoms with Gasteiger partial charge in [0.25, 0.3) is 11.5 Å². The molecule has 1 aliphatic rings. The molecular formula is C27H24F2N4O3. The first-order valence-electron chi connectivity index (χ1n) is 11.7. The van der Waals surface area contributed by atoms with E-state index in [1.807, 2.05) is 24.3 Å². The van der Waals surface area contributed by atoms with E-state index >= 15 is 0 Å². The Morgan fingerprint density at radius 3 is 2.42 bits per heavy atom. The fourth-order valence-corrected chi connectivity index (χ4v) is 4.83. The van der Waals surface area contributed by atoms with Crippen molar-refractivity contribution in [3.63, 3.8) is 0 Å². The molecule has 1 amide bonds. The number of fused-ring (bicyclic) bond motifs is 1. The van der Waals surface area contributed by atoms with Gasteiger partial charge in [-0.1, -0.05) is 24.3 Å². The Hall–Kier alpha value is -4.27. The van der Waals surface area contributed by atoms with E-state index in [0.717, 1.165) is 18.9 Å². The number of aromatic nitrogens is 2. The van der Waals surface area contributed by atoms with Gasteiger partial charge in [0.1, 0.15) is 11.6 Å². The number of nitrogens with one attached hydrogen (secondary N) is 1. The number of carbonyl (C=O) groups is 1. The number of hydrogen-bond acceptors (Lipinski definition) is 4. The van der Waals surface area contributed by atoms with Crippen molar-refractivity contribution < 1.29 is 13.6 Å². The number of halogens is 2. The van der Waals surface area contributed by atoms with E-state index in [0.29, 0.717) is 30.3 Å². The number of aromatic amines is 1. The van der Waals surface area contributed by atoms with Gasteiger partial charge >= 0.3 is 5.69 Å². The number of piperidine rings is 1. The molecule has 4 aromatic rings. The molecule has 1 aliphatic heterocycles. The normalized spacial score (nSPS) is 14.3. The average Bonchev–Trinajstić information content (AvgIpc) is 2.87. The lowest BCUT2D eigenvalue weighted by molar-refractivity contribution is 0.0708. The van der Waals surface area contributed by atoms with E-state index in [4.69, 9.17) is 5.73 Å². The maximum absolute atomic E-state index is 14.7. The van der Waals surface area contributed by atoms with Crippen molar-refractivity contribution in [3.05, 3.63) is 110 Å². The zero-order chi connectivity index (χ0) is 25.4. The summed E-state index contributed by atoms with van der Waals surface area (Å²) < 4.78 is 30.1. The summed E-state index contributed by atoms with van der Waals surface area (Å²) in [6.45, 7) is 0.900. The van der Waals surface area contributed by atoms with Crippen molar-refractivity contribution in [1.82, 2.24) is 14.5 Å². The summed E-state index contributed by atoms with van der Waals surface area (Å²) in [6.07, 6.45) is 1.50. The van der Waals surface area contributed by atoms with Crippen LogP contribution in [0.2, 0.25) is 0 Å². The molecule has 0 radical (unpaired) electrons. The van der Waals surface area contributed by atoms with Gasteiger partial charge in [0.2, 0.25) is 0 Å². The van der Waals surface area contributed by atoms with E-state index < -0.39 is 28.8 Å². The van der Waals surface area contributed by atoms with Crippen molar-refractivity contribution >= 4 is 22.5 Å². The first-order valence-corrected chi connectivity index (χ1v) is 11.7. The second kappa shape index (κ2) is 9.41. The number of anilines is 1. The number of H-pyrrole nitrogens is 1. The highest BCUT2D eigenvalue weighted by atomic mass is 19.1. The van der Waals surface area contributed by atoms with Crippen LogP contribution >= 0.6 is 0 Å². The van der Waals surface area contributed by atoms with E-state index in [1.54, 1.807) is 4.90 Å². The van der Waals surface area contributed by atoms with Crippen LogP contribution in [0.3, 0.4) is 0 Å². The quantitative estimate of drug-likeness (QED) is 0.427. The van der Waals surface area contributed by atoms with Gasteiger partial charge < -0.3 is 10.6 Å². The van der Waals surface area contributed by atoms with Crippen LogP contribution in [0.1, 0.15) is 40.2 Å². The summed E-state index contributed by atoms with van der Waals surface area (Å²) in [4.78, 5) is 41.5. The molecule has 0 atom stereocenters. The van der Waals surface area contributed by atoms with Crippen molar-refractivity contribution in [2.75, 3.05) is 18.8 Å². The molecule has 0 unspecified atom stereocenters. The summed E-state index contributed by atoms with van der Waals surface area (Å²) in [5.74, 6) is -1.53. The predicted octanol–water partition coefficient (Wildman–Crippen LogP) is 3.62. The van der Waals surface area contributed by atoms with Gasteiger partial charge in [-0.15, -0.1) is 0 Å². The van der Waals surface area contributed by atoms with Gasteiger partial charge in [0, 0.05) is 18.8 Å². The van der Waals surface area contributed by atoms with Crippen LogP contribution in [0, 0.1) is 11.6 Å². The Kier molecular flexibility index (Phi) is 6.13. The number of likely N-dealkylation sites (tertiary alicyclic amines) is 1. The van der Waals surface area contributed by atoms with Crippen LogP contribution in [-0.2, 0) is 6.54 Å². The lowest BCUT2D eigenvalue weighted by Gasteiger charge is -2.32. The zero-order valence-electron chi connectivity index (χ0n) is 19.3. The van der Waals surface area contributed by atoms with Crippen LogP contribution in [0.15, 0.2) is 70.3 Å². The largest absolute Gasteiger partial charge is 0.399 e. The molecule has 1 saturated heterocycles. The summed E-state index contributed by atoms with van der Waals surface area (Å²) in [5.41, 5.74) is 6.58. The van der Waals surface area contributed by atoms with E-state index in [2.05, 4.69) is 4.98 Å². The van der Waals surface area contributed by atoms with Crippen LogP contribution in [-0.4, -0.2) is 33.4 Å². The molecule has 1 fully saturated rings. The topological polar surface area (TPSA) is 101 Å². The highest BCUT2D eigenvalue weighted by molar-refractivity contribution is 5.94. The number of nitrogen functional groups attached to an aromatic ring is 1. The summed E-state index contributed by atoms with van der Waals surface area (Å²) in [5, 5.41) is -0.237. The maximum Gasteiger partial charge on any atom is 0.329 e. The first kappa shape index (κ1) is 23.5. The van der Waals surface area contributed by atoms with Gasteiger partial charge in [-0.25, -0.2) is 13.6 Å². The summed E-state index contributed by atoms with van der Waals surface area (Å²) in [7, 11) is 0. The van der Waals surface area contributed by atoms with Crippen LogP contribution < -0.4 is 17.0 Å². The van der Waals surface area contributed by atoms with E-state index in [1.165, 1.54) is 40.5 Å². The second-order valence-electron chi connectivity index (χ2n) is 9.03. The minimum Gasteiger partial charge on any atom is -0.399 e. The van der Waals surface area contributed by atoms with E-state index in [-0.39, 0.29) is 23.0 Å². The van der Waals surface area contributed by atoms with Crippen molar-refractivity contribution in [1.29, 1.82) is 0 Å². The molecule has 3 N–H and O–H groups in total. The number of rotatable bonds is 4. The molecule has 0 bridgehead atoms. The fraction of sp³-hybridized carbons (Fsp3) is 0.222. The number of nitrogens with zero attached hydrogens (tertiary/aromatic N) is 2. The first-order chi connectivity index (χ1) is 17.3. The van der Waals surface area contributed by atoms with Gasteiger partial charge in [-0.3, -0.25) is 19.1 Å². The third kappa shape index (κ3) is 4.39. The number of nitrogens with two attached hydrogens (primary N) is 1. The summed E-state index contributed by atoms with van der Waals surface area (Å²) in [6, 6.07) is 15.8. The van der Waals surface area contributed by atoms with Crippen LogP contribution in [0.25, 0.3) is 10.9 Å². The van der Waals surface area contributed by atoms with Gasteiger partial charge in [-0.05, 0) is 66.3 Å². The maximum atomic E-state index is 14.7. The van der Waals surface area contributed by atoms with Gasteiger partial charge in [-0.2, -0.15) is 0 Å². The highest BCUT2D eigenvalue weighted by Crippen LogP contribution is 2.29. The molecule has 7 nitrogen and oxygen atoms in total. The molecule has 0 saturated carbocycles. The zero-order valence-corrected chi connectivity index (χ0v) is 19.3. The highest BCUT2D eigenvalue weighted by Gasteiger charge is 2.26. The third-order valence-corrected chi connectivity index (χ3v) is 6.77. The Labute approximate surface area is 204 Å². The van der Waals surface area contributed by atoms with Crippen LogP contribution in [0.5, 0.6) is 0 Å². The SMILES string of the molecule is Nc1ccc(C2CCN(C(=O)c3cc(Cn4c(=O)[nH]c(=O)c5c(F)cccc54)ccc3F)CC2)cc1. The number of benzene rings is 3. The lowest BCUT2D eigenvalue weighted by atomic mass is 9.89. The number of amides is 1. The number of carbonyl (C=O) groups excluding carboxylic acids is 1. The monoisotopic (exact) mass is 490 g/mol. The molecular weight excluding hydrogens is 466 g/mol. The molecule has 0 spiro atoms. The molecule has 2 heterocycles. The summed E-state index contributed by atoms with van der Waals surface area (Å²) >= 11 is 0. The second-order valence-corrected chi connectivity index (χ2v) is 9.03. The van der Waals surface area contributed by atoms with Crippen molar-refractivity contribution in [2.45, 2.75) is 25.3 Å². The Morgan fingerprint density at radius 1 is 0.972 bits per heavy atom. The van der Waals surface area contributed by atoms with Crippen molar-refractivity contribution in [2.24, 2.45) is 0 Å². The van der Waals surface area contributed by atoms with Crippen LogP contribution in [0.4, 0.5) is 14.5 Å². The fourth-order valence-electron chi connectivity index (χ4n) is 4.83. The minimum atomic E-state index is -0.818. The third-order valence-electron chi connectivity index (χ3n) is 6.77. The molecule has 36 heavy (non-hydrogen) atoms. The number of hydrogen-bond donors (Lipinski definition) is 2. The molecule has 184 valence electrons. The molecule has 0 aliphatic carbocycles.